The third-order valence-electron chi connectivity index (χ3n) is 1.93. The molecule has 1 aromatic rings. The van der Waals surface area contributed by atoms with Gasteiger partial charge in [-0.15, -0.1) is 0 Å². The van der Waals surface area contributed by atoms with Crippen molar-refractivity contribution in [3.8, 4) is 0 Å². The van der Waals surface area contributed by atoms with Gasteiger partial charge in [-0.05, 0) is 17.9 Å². The Morgan fingerprint density at radius 1 is 1.07 bits per heavy atom. The van der Waals surface area contributed by atoms with E-state index in [4.69, 9.17) is 34.8 Å². The lowest BCUT2D eigenvalue weighted by Crippen LogP contribution is -2.00. The number of hydrogen-bond donors (Lipinski definition) is 0. The number of alkyl halides is 3. The van der Waals surface area contributed by atoms with E-state index in [1.54, 1.807) is 0 Å². The second kappa shape index (κ2) is 4.74. The standard InChI is InChI=1S/C11H13Cl3/c1-8(2)7-9-3-5-10(6-4-9)11(12,13)14/h3-6,8H,7H2,1-2H3. The molecule has 0 spiro atoms. The summed E-state index contributed by atoms with van der Waals surface area (Å²) in [4.78, 5) is 0. The van der Waals surface area contributed by atoms with E-state index in [1.807, 2.05) is 24.3 Å². The quantitative estimate of drug-likeness (QED) is 0.668. The Morgan fingerprint density at radius 2 is 1.57 bits per heavy atom. The number of rotatable bonds is 2. The molecule has 0 saturated carbocycles. The molecule has 0 fully saturated rings. The van der Waals surface area contributed by atoms with Gasteiger partial charge in [-0.1, -0.05) is 72.9 Å². The molecular weight excluding hydrogens is 238 g/mol. The molecule has 0 aliphatic heterocycles. The van der Waals surface area contributed by atoms with Crippen LogP contribution in [-0.4, -0.2) is 0 Å². The van der Waals surface area contributed by atoms with Crippen molar-refractivity contribution in [3.63, 3.8) is 0 Å². The van der Waals surface area contributed by atoms with Gasteiger partial charge in [0.25, 0.3) is 0 Å². The Balaban J connectivity index is 2.79. The van der Waals surface area contributed by atoms with Crippen LogP contribution in [0.5, 0.6) is 0 Å². The molecule has 0 unspecified atom stereocenters. The van der Waals surface area contributed by atoms with Gasteiger partial charge in [-0.3, -0.25) is 0 Å². The van der Waals surface area contributed by atoms with Crippen LogP contribution in [0, 0.1) is 5.92 Å². The average molecular weight is 252 g/mol. The minimum atomic E-state index is -1.31. The van der Waals surface area contributed by atoms with E-state index in [0.29, 0.717) is 5.92 Å². The summed E-state index contributed by atoms with van der Waals surface area (Å²) in [5, 5.41) is 0. The molecule has 1 rings (SSSR count). The molecule has 0 radical (unpaired) electrons. The second-order valence-electron chi connectivity index (χ2n) is 3.79. The van der Waals surface area contributed by atoms with Crippen molar-refractivity contribution in [1.82, 2.24) is 0 Å². The molecule has 14 heavy (non-hydrogen) atoms. The minimum absolute atomic E-state index is 0.647. The van der Waals surface area contributed by atoms with Crippen LogP contribution < -0.4 is 0 Å². The van der Waals surface area contributed by atoms with E-state index in [2.05, 4.69) is 13.8 Å². The summed E-state index contributed by atoms with van der Waals surface area (Å²) in [5.74, 6) is 0.647. The third-order valence-corrected chi connectivity index (χ3v) is 2.58. The Hall–Kier alpha value is 0.0900. The fourth-order valence-corrected chi connectivity index (χ4v) is 1.68. The molecule has 0 nitrogen and oxygen atoms in total. The first-order chi connectivity index (χ1) is 6.39. The normalized spacial score (nSPS) is 12.1. The Kier molecular flexibility index (Phi) is 4.12. The van der Waals surface area contributed by atoms with Crippen molar-refractivity contribution in [2.45, 2.75) is 24.1 Å². The Morgan fingerprint density at radius 3 is 1.93 bits per heavy atom. The fraction of sp³-hybridized carbons (Fsp3) is 0.455. The van der Waals surface area contributed by atoms with Crippen molar-refractivity contribution in [3.05, 3.63) is 35.4 Å². The molecule has 0 amide bonds. The first-order valence-corrected chi connectivity index (χ1v) is 5.69. The number of benzene rings is 1. The van der Waals surface area contributed by atoms with E-state index >= 15 is 0 Å². The van der Waals surface area contributed by atoms with Gasteiger partial charge in [0.05, 0.1) is 0 Å². The maximum absolute atomic E-state index is 5.75. The van der Waals surface area contributed by atoms with Gasteiger partial charge >= 0.3 is 0 Å². The van der Waals surface area contributed by atoms with E-state index in [-0.39, 0.29) is 0 Å². The number of halogens is 3. The van der Waals surface area contributed by atoms with Crippen LogP contribution in [0.2, 0.25) is 0 Å². The van der Waals surface area contributed by atoms with Crippen molar-refractivity contribution >= 4 is 34.8 Å². The molecular formula is C11H13Cl3. The molecule has 1 aromatic carbocycles. The smallest absolute Gasteiger partial charge is 0.0784 e. The summed E-state index contributed by atoms with van der Waals surface area (Å²) in [6.45, 7) is 4.37. The van der Waals surface area contributed by atoms with Crippen LogP contribution >= 0.6 is 34.8 Å². The van der Waals surface area contributed by atoms with Gasteiger partial charge in [0.2, 0.25) is 3.79 Å². The summed E-state index contributed by atoms with van der Waals surface area (Å²) in [6, 6.07) is 7.75. The van der Waals surface area contributed by atoms with Crippen LogP contribution in [-0.2, 0) is 10.2 Å². The molecule has 0 N–H and O–H groups in total. The summed E-state index contributed by atoms with van der Waals surface area (Å²) in [6.07, 6.45) is 1.06. The molecule has 0 bridgehead atoms. The van der Waals surface area contributed by atoms with E-state index in [9.17, 15) is 0 Å². The van der Waals surface area contributed by atoms with Gasteiger partial charge < -0.3 is 0 Å². The zero-order chi connectivity index (χ0) is 10.8. The zero-order valence-corrected chi connectivity index (χ0v) is 10.5. The molecule has 0 heterocycles. The zero-order valence-electron chi connectivity index (χ0n) is 8.23. The van der Waals surface area contributed by atoms with E-state index in [0.717, 1.165) is 12.0 Å². The molecule has 78 valence electrons. The van der Waals surface area contributed by atoms with Crippen LogP contribution in [0.25, 0.3) is 0 Å². The Labute approximate surface area is 100 Å². The highest BCUT2D eigenvalue weighted by atomic mass is 35.6. The van der Waals surface area contributed by atoms with Crippen molar-refractivity contribution < 1.29 is 0 Å². The maximum atomic E-state index is 5.75. The largest absolute Gasteiger partial charge is 0.216 e. The summed E-state index contributed by atoms with van der Waals surface area (Å²) < 4.78 is -1.31. The summed E-state index contributed by atoms with van der Waals surface area (Å²) in [5.41, 5.74) is 1.99. The van der Waals surface area contributed by atoms with Gasteiger partial charge in [0, 0.05) is 5.56 Å². The summed E-state index contributed by atoms with van der Waals surface area (Å²) >= 11 is 17.2. The van der Waals surface area contributed by atoms with Crippen LogP contribution in [0.4, 0.5) is 0 Å². The maximum Gasteiger partial charge on any atom is 0.216 e. The topological polar surface area (TPSA) is 0 Å². The van der Waals surface area contributed by atoms with Gasteiger partial charge in [0.15, 0.2) is 0 Å². The van der Waals surface area contributed by atoms with Crippen molar-refractivity contribution in [2.24, 2.45) is 5.92 Å². The lowest BCUT2D eigenvalue weighted by molar-refractivity contribution is 0.647. The molecule has 0 atom stereocenters. The molecule has 3 heteroatoms. The first-order valence-electron chi connectivity index (χ1n) is 4.55. The predicted octanol–water partition coefficient (Wildman–Crippen LogP) is 4.71. The van der Waals surface area contributed by atoms with Crippen LogP contribution in [0.1, 0.15) is 25.0 Å². The van der Waals surface area contributed by atoms with Gasteiger partial charge in [-0.2, -0.15) is 0 Å². The van der Waals surface area contributed by atoms with Gasteiger partial charge in [0.1, 0.15) is 0 Å². The highest BCUT2D eigenvalue weighted by molar-refractivity contribution is 6.66. The second-order valence-corrected chi connectivity index (χ2v) is 6.07. The third kappa shape index (κ3) is 3.68. The van der Waals surface area contributed by atoms with E-state index in [1.165, 1.54) is 5.56 Å². The lowest BCUT2D eigenvalue weighted by Gasteiger charge is -2.12. The number of hydrogen-bond acceptors (Lipinski definition) is 0. The van der Waals surface area contributed by atoms with Crippen molar-refractivity contribution in [2.75, 3.05) is 0 Å². The fourth-order valence-electron chi connectivity index (χ4n) is 1.30. The molecule has 0 aliphatic carbocycles. The van der Waals surface area contributed by atoms with Crippen molar-refractivity contribution in [1.29, 1.82) is 0 Å². The van der Waals surface area contributed by atoms with Crippen LogP contribution in [0.15, 0.2) is 24.3 Å². The average Bonchev–Trinajstić information content (AvgIpc) is 2.02. The monoisotopic (exact) mass is 250 g/mol. The summed E-state index contributed by atoms with van der Waals surface area (Å²) in [7, 11) is 0. The van der Waals surface area contributed by atoms with E-state index < -0.39 is 3.79 Å². The molecule has 0 aliphatic rings. The van der Waals surface area contributed by atoms with Crippen LogP contribution in [0.3, 0.4) is 0 Å². The lowest BCUT2D eigenvalue weighted by atomic mass is 10.0. The molecule has 0 saturated heterocycles. The predicted molar refractivity (Wildman–Crippen MR) is 64.2 cm³/mol. The Bertz CT molecular complexity index is 282. The first kappa shape index (κ1) is 12.2. The SMILES string of the molecule is CC(C)Cc1ccc(C(Cl)(Cl)Cl)cc1. The highest BCUT2D eigenvalue weighted by Gasteiger charge is 2.21. The minimum Gasteiger partial charge on any atom is -0.0784 e. The van der Waals surface area contributed by atoms with Gasteiger partial charge in [-0.25, -0.2) is 0 Å². The highest BCUT2D eigenvalue weighted by Crippen LogP contribution is 2.38. The molecule has 0 aromatic heterocycles.